The molecule has 2 aromatic carbocycles. The smallest absolute Gasteiger partial charge is 0.305 e. The maximum Gasteiger partial charge on any atom is 0.305 e. The van der Waals surface area contributed by atoms with Crippen molar-refractivity contribution in [2.75, 3.05) is 6.54 Å². The number of carboxylic acids is 1. The molecule has 2 aromatic rings. The van der Waals surface area contributed by atoms with Crippen LogP contribution in [0.15, 0.2) is 54.2 Å². The Hall–Kier alpha value is -4.01. The molecule has 0 aliphatic carbocycles. The van der Waals surface area contributed by atoms with Crippen molar-refractivity contribution in [1.82, 2.24) is 10.6 Å². The Morgan fingerprint density at radius 1 is 1.09 bits per heavy atom. The van der Waals surface area contributed by atoms with E-state index in [0.717, 1.165) is 5.56 Å². The number of carbonyl (C=O) groups is 3. The van der Waals surface area contributed by atoms with E-state index in [-0.39, 0.29) is 29.8 Å². The molecule has 2 amide bonds. The van der Waals surface area contributed by atoms with Crippen molar-refractivity contribution in [2.45, 2.75) is 32.6 Å². The van der Waals surface area contributed by atoms with E-state index in [2.05, 4.69) is 10.6 Å². The van der Waals surface area contributed by atoms with Crippen molar-refractivity contribution in [2.24, 2.45) is 0 Å². The van der Waals surface area contributed by atoms with Crippen molar-refractivity contribution >= 4 is 29.5 Å². The lowest BCUT2D eigenvalue weighted by Crippen LogP contribution is -2.35. The van der Waals surface area contributed by atoms with E-state index in [9.17, 15) is 24.5 Å². The standard InChI is InChI=1S/C23H25N3O6/c1-23(2,3)17-9-7-16(8-10-17)21(29)25-19(22(30)24-12-11-20(27)28)14-15-5-4-6-18(13-15)26(31)32/h4-10,13-14H,11-12H2,1-3H3,(H,24,30)(H,25,29)(H,27,28)/b19-14+. The Balaban J connectivity index is 2.30. The first-order chi connectivity index (χ1) is 15.0. The summed E-state index contributed by atoms with van der Waals surface area (Å²) >= 11 is 0. The van der Waals surface area contributed by atoms with Crippen LogP contribution in [0.3, 0.4) is 0 Å². The molecular weight excluding hydrogens is 414 g/mol. The molecule has 0 aliphatic heterocycles. The molecule has 168 valence electrons. The number of amides is 2. The predicted octanol–water partition coefficient (Wildman–Crippen LogP) is 3.25. The van der Waals surface area contributed by atoms with Gasteiger partial charge in [0.2, 0.25) is 0 Å². The van der Waals surface area contributed by atoms with Crippen molar-refractivity contribution in [3.05, 3.63) is 81.0 Å². The van der Waals surface area contributed by atoms with Crippen molar-refractivity contribution in [1.29, 1.82) is 0 Å². The number of nitrogens with zero attached hydrogens (tertiary/aromatic N) is 1. The van der Waals surface area contributed by atoms with Crippen molar-refractivity contribution in [3.63, 3.8) is 0 Å². The molecule has 0 aliphatic rings. The topological polar surface area (TPSA) is 139 Å². The number of hydrogen-bond donors (Lipinski definition) is 3. The van der Waals surface area contributed by atoms with Crippen LogP contribution < -0.4 is 10.6 Å². The molecule has 9 heteroatoms. The van der Waals surface area contributed by atoms with Crippen LogP contribution >= 0.6 is 0 Å². The highest BCUT2D eigenvalue weighted by molar-refractivity contribution is 6.05. The molecule has 0 fully saturated rings. The maximum absolute atomic E-state index is 12.7. The van der Waals surface area contributed by atoms with Crippen LogP contribution in [-0.4, -0.2) is 34.4 Å². The predicted molar refractivity (Wildman–Crippen MR) is 119 cm³/mol. The number of nitro groups is 1. The molecule has 0 aromatic heterocycles. The monoisotopic (exact) mass is 439 g/mol. The van der Waals surface area contributed by atoms with Gasteiger partial charge in [-0.15, -0.1) is 0 Å². The minimum Gasteiger partial charge on any atom is -0.481 e. The Morgan fingerprint density at radius 2 is 1.75 bits per heavy atom. The number of hydrogen-bond acceptors (Lipinski definition) is 5. The normalized spacial score (nSPS) is 11.5. The minimum absolute atomic E-state index is 0.0911. The van der Waals surface area contributed by atoms with Gasteiger partial charge in [0, 0.05) is 24.2 Å². The highest BCUT2D eigenvalue weighted by Crippen LogP contribution is 2.22. The average molecular weight is 439 g/mol. The van der Waals surface area contributed by atoms with Crippen LogP contribution in [0, 0.1) is 10.1 Å². The third-order valence-electron chi connectivity index (χ3n) is 4.52. The fraction of sp³-hybridized carbons (Fsp3) is 0.261. The summed E-state index contributed by atoms with van der Waals surface area (Å²) in [7, 11) is 0. The fourth-order valence-corrected chi connectivity index (χ4v) is 2.75. The number of carboxylic acid groups (broad SMARTS) is 1. The zero-order valence-corrected chi connectivity index (χ0v) is 18.0. The lowest BCUT2D eigenvalue weighted by molar-refractivity contribution is -0.384. The highest BCUT2D eigenvalue weighted by Gasteiger charge is 2.17. The number of rotatable bonds is 8. The molecule has 2 rings (SSSR count). The third-order valence-corrected chi connectivity index (χ3v) is 4.52. The van der Waals surface area contributed by atoms with Crippen LogP contribution in [-0.2, 0) is 15.0 Å². The maximum atomic E-state index is 12.7. The van der Waals surface area contributed by atoms with Crippen LogP contribution in [0.25, 0.3) is 6.08 Å². The zero-order chi connectivity index (χ0) is 23.9. The second-order valence-electron chi connectivity index (χ2n) is 8.09. The van der Waals surface area contributed by atoms with Gasteiger partial charge in [0.1, 0.15) is 5.70 Å². The number of benzene rings is 2. The number of non-ortho nitro benzene ring substituents is 1. The second-order valence-corrected chi connectivity index (χ2v) is 8.09. The quantitative estimate of drug-likeness (QED) is 0.328. The first-order valence-electron chi connectivity index (χ1n) is 9.85. The van der Waals surface area contributed by atoms with E-state index in [0.29, 0.717) is 11.1 Å². The van der Waals surface area contributed by atoms with E-state index >= 15 is 0 Å². The fourth-order valence-electron chi connectivity index (χ4n) is 2.75. The second kappa shape index (κ2) is 10.3. The molecule has 0 atom stereocenters. The van der Waals surface area contributed by atoms with Crippen molar-refractivity contribution < 1.29 is 24.4 Å². The highest BCUT2D eigenvalue weighted by atomic mass is 16.6. The van der Waals surface area contributed by atoms with Gasteiger partial charge < -0.3 is 15.7 Å². The molecule has 9 nitrogen and oxygen atoms in total. The molecule has 32 heavy (non-hydrogen) atoms. The number of nitro benzene ring substituents is 1. The summed E-state index contributed by atoms with van der Waals surface area (Å²) in [6.45, 7) is 5.99. The Kier molecular flexibility index (Phi) is 7.84. The lowest BCUT2D eigenvalue weighted by Gasteiger charge is -2.19. The average Bonchev–Trinajstić information content (AvgIpc) is 2.72. The van der Waals surface area contributed by atoms with Gasteiger partial charge >= 0.3 is 5.97 Å². The summed E-state index contributed by atoms with van der Waals surface area (Å²) in [6, 6.07) is 12.5. The summed E-state index contributed by atoms with van der Waals surface area (Å²) in [4.78, 5) is 46.5. The van der Waals surface area contributed by atoms with Gasteiger partial charge in [-0.3, -0.25) is 24.5 Å². The van der Waals surface area contributed by atoms with Gasteiger partial charge in [-0.2, -0.15) is 0 Å². The van der Waals surface area contributed by atoms with Crippen molar-refractivity contribution in [3.8, 4) is 0 Å². The van der Waals surface area contributed by atoms with E-state index in [1.165, 1.54) is 24.3 Å². The molecular formula is C23H25N3O6. The Labute approximate surface area is 185 Å². The Morgan fingerprint density at radius 3 is 2.31 bits per heavy atom. The third kappa shape index (κ3) is 7.05. The van der Waals surface area contributed by atoms with Gasteiger partial charge in [0.25, 0.3) is 17.5 Å². The largest absolute Gasteiger partial charge is 0.481 e. The zero-order valence-electron chi connectivity index (χ0n) is 18.0. The lowest BCUT2D eigenvalue weighted by atomic mass is 9.87. The minimum atomic E-state index is -1.09. The first-order valence-corrected chi connectivity index (χ1v) is 9.85. The summed E-state index contributed by atoms with van der Waals surface area (Å²) in [5.41, 5.74) is 1.25. The van der Waals surface area contributed by atoms with E-state index in [1.807, 2.05) is 32.9 Å². The summed E-state index contributed by atoms with van der Waals surface area (Å²) in [6.07, 6.45) is 1.00. The molecule has 0 heterocycles. The molecule has 3 N–H and O–H groups in total. The summed E-state index contributed by atoms with van der Waals surface area (Å²) in [5, 5.41) is 24.7. The van der Waals surface area contributed by atoms with Crippen LogP contribution in [0.4, 0.5) is 5.69 Å². The molecule has 0 spiro atoms. The molecule has 0 unspecified atom stereocenters. The SMILES string of the molecule is CC(C)(C)c1ccc(C(=O)N/C(=C/c2cccc([N+](=O)[O-])c2)C(=O)NCCC(=O)O)cc1. The molecule has 0 saturated heterocycles. The van der Waals surface area contributed by atoms with Gasteiger partial charge in [0.15, 0.2) is 0 Å². The summed E-state index contributed by atoms with van der Waals surface area (Å²) < 4.78 is 0. The number of aliphatic carboxylic acids is 1. The van der Waals surface area contributed by atoms with Gasteiger partial charge in [-0.05, 0) is 34.8 Å². The Bertz CT molecular complexity index is 1050. The van der Waals surface area contributed by atoms with Gasteiger partial charge in [-0.25, -0.2) is 0 Å². The van der Waals surface area contributed by atoms with E-state index < -0.39 is 22.7 Å². The van der Waals surface area contributed by atoms with Crippen LogP contribution in [0.5, 0.6) is 0 Å². The number of nitrogens with one attached hydrogen (secondary N) is 2. The van der Waals surface area contributed by atoms with Crippen LogP contribution in [0.2, 0.25) is 0 Å². The van der Waals surface area contributed by atoms with E-state index in [4.69, 9.17) is 5.11 Å². The molecule has 0 saturated carbocycles. The van der Waals surface area contributed by atoms with E-state index in [1.54, 1.807) is 18.2 Å². The van der Waals surface area contributed by atoms with Gasteiger partial charge in [-0.1, -0.05) is 45.0 Å². The van der Waals surface area contributed by atoms with Crippen LogP contribution in [0.1, 0.15) is 48.7 Å². The summed E-state index contributed by atoms with van der Waals surface area (Å²) in [5.74, 6) is -2.34. The van der Waals surface area contributed by atoms with Gasteiger partial charge in [0.05, 0.1) is 11.3 Å². The molecule has 0 bridgehead atoms. The number of carbonyl (C=O) groups excluding carboxylic acids is 2. The first kappa shape index (κ1) is 24.3. The molecule has 0 radical (unpaired) electrons.